The second-order valence-corrected chi connectivity index (χ2v) is 4.56. The maximum absolute atomic E-state index is 8.60. The van der Waals surface area contributed by atoms with E-state index < -0.39 is 0 Å². The topological polar surface area (TPSA) is 100 Å². The molecule has 6 nitrogen and oxygen atoms in total. The fourth-order valence-corrected chi connectivity index (χ4v) is 1.35. The summed E-state index contributed by atoms with van der Waals surface area (Å²) in [6, 6.07) is 0. The zero-order valence-electron chi connectivity index (χ0n) is 10.8. The van der Waals surface area contributed by atoms with Gasteiger partial charge in [0.05, 0.1) is 19.8 Å². The van der Waals surface area contributed by atoms with E-state index in [-0.39, 0.29) is 17.9 Å². The minimum Gasteiger partial charge on any atom is -0.409 e. The summed E-state index contributed by atoms with van der Waals surface area (Å²) in [7, 11) is 0. The van der Waals surface area contributed by atoms with E-state index in [1.807, 2.05) is 13.8 Å². The van der Waals surface area contributed by atoms with Crippen LogP contribution in [0.2, 0.25) is 0 Å². The van der Waals surface area contributed by atoms with Crippen LogP contribution >= 0.6 is 0 Å². The Morgan fingerprint density at radius 3 is 2.65 bits per heavy atom. The number of nitrogens with zero attached hydrogens (tertiary/aromatic N) is 1. The van der Waals surface area contributed by atoms with Crippen molar-refractivity contribution in [3.05, 3.63) is 0 Å². The Balaban J connectivity index is 3.45. The highest BCUT2D eigenvalue weighted by atomic mass is 16.5. The van der Waals surface area contributed by atoms with E-state index in [9.17, 15) is 0 Å². The number of rotatable bonds is 10. The average Bonchev–Trinajstić information content (AvgIpc) is 2.31. The average molecular weight is 247 g/mol. The van der Waals surface area contributed by atoms with Crippen molar-refractivity contribution in [2.24, 2.45) is 16.3 Å². The first kappa shape index (κ1) is 16.1. The Labute approximate surface area is 103 Å². The third-order valence-corrected chi connectivity index (χ3v) is 2.62. The van der Waals surface area contributed by atoms with Crippen LogP contribution in [0.5, 0.6) is 0 Å². The third kappa shape index (κ3) is 7.95. The quantitative estimate of drug-likeness (QED) is 0.145. The molecule has 0 spiro atoms. The van der Waals surface area contributed by atoms with Crippen LogP contribution in [0.3, 0.4) is 0 Å². The first-order valence-corrected chi connectivity index (χ1v) is 5.92. The molecule has 0 unspecified atom stereocenters. The van der Waals surface area contributed by atoms with Gasteiger partial charge in [0.1, 0.15) is 5.84 Å². The molecule has 0 atom stereocenters. The predicted octanol–water partition coefficient (Wildman–Crippen LogP) is 0.138. The molecule has 0 aromatic rings. The Bertz CT molecular complexity index is 220. The number of hydrogen-bond acceptors (Lipinski definition) is 5. The lowest BCUT2D eigenvalue weighted by Gasteiger charge is -2.22. The van der Waals surface area contributed by atoms with Crippen molar-refractivity contribution in [1.82, 2.24) is 5.32 Å². The second kappa shape index (κ2) is 9.21. The molecule has 0 saturated heterocycles. The van der Waals surface area contributed by atoms with Crippen molar-refractivity contribution in [2.45, 2.75) is 26.7 Å². The summed E-state index contributed by atoms with van der Waals surface area (Å²) < 4.78 is 5.10. The highest BCUT2D eigenvalue weighted by Gasteiger charge is 2.22. The minimum absolute atomic E-state index is 0.0635. The van der Waals surface area contributed by atoms with Gasteiger partial charge in [0.2, 0.25) is 0 Å². The Hall–Kier alpha value is -0.850. The first-order valence-electron chi connectivity index (χ1n) is 5.92. The number of aliphatic hydroxyl groups is 1. The highest BCUT2D eigenvalue weighted by Crippen LogP contribution is 2.21. The molecular weight excluding hydrogens is 222 g/mol. The summed E-state index contributed by atoms with van der Waals surface area (Å²) in [5, 5.41) is 23.4. The lowest BCUT2D eigenvalue weighted by atomic mass is 9.86. The summed E-state index contributed by atoms with van der Waals surface area (Å²) in [5.41, 5.74) is 5.31. The van der Waals surface area contributed by atoms with Gasteiger partial charge in [-0.2, -0.15) is 0 Å². The molecule has 102 valence electrons. The highest BCUT2D eigenvalue weighted by molar-refractivity contribution is 5.85. The smallest absolute Gasteiger partial charge is 0.144 e. The molecule has 0 aliphatic carbocycles. The van der Waals surface area contributed by atoms with Crippen molar-refractivity contribution in [1.29, 1.82) is 0 Å². The van der Waals surface area contributed by atoms with E-state index in [1.54, 1.807) is 0 Å². The molecule has 0 saturated carbocycles. The van der Waals surface area contributed by atoms with Gasteiger partial charge in [0, 0.05) is 12.0 Å². The molecule has 0 fully saturated rings. The van der Waals surface area contributed by atoms with Gasteiger partial charge in [-0.05, 0) is 19.4 Å². The number of hydrogen-bond donors (Lipinski definition) is 4. The van der Waals surface area contributed by atoms with Crippen molar-refractivity contribution in [3.8, 4) is 0 Å². The van der Waals surface area contributed by atoms with Gasteiger partial charge in [-0.15, -0.1) is 0 Å². The number of nitrogens with one attached hydrogen (secondary N) is 1. The molecule has 0 radical (unpaired) electrons. The molecule has 6 heteroatoms. The fourth-order valence-electron chi connectivity index (χ4n) is 1.35. The number of oxime groups is 1. The Morgan fingerprint density at radius 2 is 2.06 bits per heavy atom. The van der Waals surface area contributed by atoms with E-state index in [2.05, 4.69) is 10.5 Å². The monoisotopic (exact) mass is 247 g/mol. The fraction of sp³-hybridized carbons (Fsp3) is 0.909. The van der Waals surface area contributed by atoms with E-state index >= 15 is 0 Å². The zero-order chi connectivity index (χ0) is 13.1. The van der Waals surface area contributed by atoms with Gasteiger partial charge in [0.25, 0.3) is 0 Å². The normalized spacial score (nSPS) is 13.0. The van der Waals surface area contributed by atoms with Crippen LogP contribution in [-0.2, 0) is 4.74 Å². The van der Waals surface area contributed by atoms with Crippen LogP contribution in [0, 0.1) is 5.41 Å². The molecule has 0 amide bonds. The zero-order valence-corrected chi connectivity index (χ0v) is 10.8. The molecule has 0 bridgehead atoms. The van der Waals surface area contributed by atoms with Crippen molar-refractivity contribution < 1.29 is 15.1 Å². The third-order valence-electron chi connectivity index (χ3n) is 2.62. The van der Waals surface area contributed by atoms with Crippen molar-refractivity contribution in [2.75, 3.05) is 32.9 Å². The molecule has 0 aromatic heterocycles. The van der Waals surface area contributed by atoms with Crippen LogP contribution in [0.15, 0.2) is 5.16 Å². The van der Waals surface area contributed by atoms with Crippen molar-refractivity contribution in [3.63, 3.8) is 0 Å². The maximum atomic E-state index is 8.60. The van der Waals surface area contributed by atoms with Crippen LogP contribution < -0.4 is 11.1 Å². The van der Waals surface area contributed by atoms with Crippen LogP contribution in [0.25, 0.3) is 0 Å². The van der Waals surface area contributed by atoms with Crippen LogP contribution in [-0.4, -0.2) is 49.1 Å². The molecule has 0 aromatic carbocycles. The van der Waals surface area contributed by atoms with Gasteiger partial charge >= 0.3 is 0 Å². The second-order valence-electron chi connectivity index (χ2n) is 4.56. The maximum Gasteiger partial charge on any atom is 0.144 e. The number of aliphatic hydroxyl groups excluding tert-OH is 1. The number of ether oxygens (including phenoxy) is 1. The summed E-state index contributed by atoms with van der Waals surface area (Å²) >= 11 is 0. The lowest BCUT2D eigenvalue weighted by molar-refractivity contribution is 0.0939. The first-order chi connectivity index (χ1) is 8.04. The van der Waals surface area contributed by atoms with E-state index in [0.29, 0.717) is 13.2 Å². The van der Waals surface area contributed by atoms with Crippen molar-refractivity contribution >= 4 is 5.84 Å². The molecule has 0 rings (SSSR count). The largest absolute Gasteiger partial charge is 0.409 e. The summed E-state index contributed by atoms with van der Waals surface area (Å²) in [6.07, 6.45) is 1.80. The van der Waals surface area contributed by atoms with E-state index in [4.69, 9.17) is 20.8 Å². The predicted molar refractivity (Wildman–Crippen MR) is 67.2 cm³/mol. The Morgan fingerprint density at radius 1 is 1.35 bits per heavy atom. The molecular formula is C11H25N3O3. The lowest BCUT2D eigenvalue weighted by Crippen LogP contribution is -2.33. The van der Waals surface area contributed by atoms with Gasteiger partial charge in [-0.25, -0.2) is 0 Å². The van der Waals surface area contributed by atoms with E-state index in [0.717, 1.165) is 25.9 Å². The van der Waals surface area contributed by atoms with Gasteiger partial charge < -0.3 is 26.1 Å². The molecule has 0 aliphatic rings. The number of amidine groups is 1. The molecule has 17 heavy (non-hydrogen) atoms. The van der Waals surface area contributed by atoms with E-state index in [1.165, 1.54) is 0 Å². The van der Waals surface area contributed by atoms with Crippen LogP contribution in [0.4, 0.5) is 0 Å². The molecule has 5 N–H and O–H groups in total. The van der Waals surface area contributed by atoms with Crippen LogP contribution in [0.1, 0.15) is 26.7 Å². The molecule has 0 heterocycles. The van der Waals surface area contributed by atoms with Gasteiger partial charge in [-0.3, -0.25) is 0 Å². The SMILES string of the molecule is CC(C)(CCCNCCOCCO)C(N)=NO. The standard InChI is InChI=1S/C11H25N3O3/c1-11(2,10(12)14-16)4-3-5-13-6-8-17-9-7-15/h13,15-16H,3-9H2,1-2H3,(H2,12,14). The minimum atomic E-state index is -0.274. The summed E-state index contributed by atoms with van der Waals surface area (Å²) in [6.45, 7) is 6.59. The summed E-state index contributed by atoms with van der Waals surface area (Å²) in [4.78, 5) is 0. The molecule has 0 aliphatic heterocycles. The number of nitrogens with two attached hydrogens (primary N) is 1. The van der Waals surface area contributed by atoms with Gasteiger partial charge in [-0.1, -0.05) is 19.0 Å². The summed E-state index contributed by atoms with van der Waals surface area (Å²) in [5.74, 6) is 0.267. The Kier molecular flexibility index (Phi) is 8.75. The van der Waals surface area contributed by atoms with Gasteiger partial charge in [0.15, 0.2) is 0 Å².